The third kappa shape index (κ3) is 5.35. The van der Waals surface area contributed by atoms with E-state index in [4.69, 9.17) is 4.74 Å². The van der Waals surface area contributed by atoms with E-state index in [2.05, 4.69) is 10.4 Å². The number of nitrogens with one attached hydrogen (secondary N) is 1. The van der Waals surface area contributed by atoms with Crippen LogP contribution in [0.5, 0.6) is 0 Å². The van der Waals surface area contributed by atoms with Crippen molar-refractivity contribution in [3.8, 4) is 0 Å². The van der Waals surface area contributed by atoms with Crippen molar-refractivity contribution < 1.29 is 14.3 Å². The highest BCUT2D eigenvalue weighted by molar-refractivity contribution is 7.99. The Morgan fingerprint density at radius 3 is 2.56 bits per heavy atom. The largest absolute Gasteiger partial charge is 0.453 e. The molecule has 0 aliphatic carbocycles. The minimum Gasteiger partial charge on any atom is -0.453 e. The summed E-state index contributed by atoms with van der Waals surface area (Å²) >= 11 is 1.58. The van der Waals surface area contributed by atoms with Gasteiger partial charge in [0.1, 0.15) is 0 Å². The number of benzene rings is 1. The van der Waals surface area contributed by atoms with Crippen LogP contribution in [0.2, 0.25) is 0 Å². The molecular weight excluding hydrogens is 338 g/mol. The Bertz CT molecular complexity index is 744. The maximum absolute atomic E-state index is 12.2. The van der Waals surface area contributed by atoms with Crippen LogP contribution in [0.4, 0.5) is 5.69 Å². The molecule has 1 aromatic heterocycles. The second-order valence-corrected chi connectivity index (χ2v) is 6.87. The Kier molecular flexibility index (Phi) is 6.64. The van der Waals surface area contributed by atoms with E-state index in [-0.39, 0.29) is 18.3 Å². The number of amides is 1. The molecule has 1 aromatic carbocycles. The van der Waals surface area contributed by atoms with E-state index in [1.54, 1.807) is 23.4 Å². The number of nitrogens with zero attached hydrogens (tertiary/aromatic N) is 2. The number of hydrogen-bond acceptors (Lipinski definition) is 5. The first-order valence-electron chi connectivity index (χ1n) is 8.07. The van der Waals surface area contributed by atoms with Gasteiger partial charge in [-0.3, -0.25) is 14.3 Å². The quantitative estimate of drug-likeness (QED) is 0.606. The standard InChI is InChI=1S/C18H23N3O3S/c1-12-17(13(2)21(4)20-12)19-18(23)14(3)24-16(22)10-11-25-15-8-6-5-7-9-15/h5-9,14H,10-11H2,1-4H3,(H,19,23)/t14-/m1/s1. The third-order valence-corrected chi connectivity index (χ3v) is 4.77. The van der Waals surface area contributed by atoms with Crippen LogP contribution in [0.1, 0.15) is 24.7 Å². The molecule has 134 valence electrons. The molecule has 2 rings (SSSR count). The summed E-state index contributed by atoms with van der Waals surface area (Å²) in [5.74, 6) is -0.133. The Hall–Kier alpha value is -2.28. The van der Waals surface area contributed by atoms with Crippen LogP contribution >= 0.6 is 11.8 Å². The van der Waals surface area contributed by atoms with E-state index in [0.717, 1.165) is 16.3 Å². The zero-order chi connectivity index (χ0) is 18.4. The second kappa shape index (κ2) is 8.71. The molecule has 1 heterocycles. The maximum Gasteiger partial charge on any atom is 0.307 e. The monoisotopic (exact) mass is 361 g/mol. The molecular formula is C18H23N3O3S. The zero-order valence-corrected chi connectivity index (χ0v) is 15.7. The SMILES string of the molecule is Cc1nn(C)c(C)c1NC(=O)[C@@H](C)OC(=O)CCSc1ccccc1. The van der Waals surface area contributed by atoms with Crippen molar-refractivity contribution in [2.75, 3.05) is 11.1 Å². The van der Waals surface area contributed by atoms with Crippen molar-refractivity contribution in [3.63, 3.8) is 0 Å². The lowest BCUT2D eigenvalue weighted by molar-refractivity contribution is -0.152. The van der Waals surface area contributed by atoms with E-state index in [0.29, 0.717) is 11.4 Å². The molecule has 0 fully saturated rings. The number of aromatic nitrogens is 2. The summed E-state index contributed by atoms with van der Waals surface area (Å²) in [4.78, 5) is 25.2. The molecule has 7 heteroatoms. The number of carbonyl (C=O) groups excluding carboxylic acids is 2. The minimum absolute atomic E-state index is 0.252. The van der Waals surface area contributed by atoms with Crippen molar-refractivity contribution in [1.82, 2.24) is 9.78 Å². The number of thioether (sulfide) groups is 1. The Labute approximate surface area is 151 Å². The van der Waals surface area contributed by atoms with Crippen molar-refractivity contribution in [2.24, 2.45) is 7.05 Å². The smallest absolute Gasteiger partial charge is 0.307 e. The van der Waals surface area contributed by atoms with Gasteiger partial charge in [0.2, 0.25) is 0 Å². The molecule has 0 saturated carbocycles. The maximum atomic E-state index is 12.2. The van der Waals surface area contributed by atoms with E-state index >= 15 is 0 Å². The molecule has 1 atom stereocenters. The summed E-state index contributed by atoms with van der Waals surface area (Å²) in [5.41, 5.74) is 2.24. The Morgan fingerprint density at radius 1 is 1.28 bits per heavy atom. The number of hydrogen-bond donors (Lipinski definition) is 1. The summed E-state index contributed by atoms with van der Waals surface area (Å²) in [6.45, 7) is 5.26. The zero-order valence-electron chi connectivity index (χ0n) is 14.9. The number of esters is 1. The van der Waals surface area contributed by atoms with Gasteiger partial charge in [-0.2, -0.15) is 5.10 Å². The number of ether oxygens (including phenoxy) is 1. The Morgan fingerprint density at radius 2 is 1.96 bits per heavy atom. The summed E-state index contributed by atoms with van der Waals surface area (Å²) in [5, 5.41) is 7.03. The molecule has 0 aliphatic heterocycles. The fraction of sp³-hybridized carbons (Fsp3) is 0.389. The first-order chi connectivity index (χ1) is 11.9. The minimum atomic E-state index is -0.853. The first-order valence-corrected chi connectivity index (χ1v) is 9.05. The fourth-order valence-corrected chi connectivity index (χ4v) is 3.11. The van der Waals surface area contributed by atoms with Crippen LogP contribution in [-0.4, -0.2) is 33.5 Å². The molecule has 0 unspecified atom stereocenters. The highest BCUT2D eigenvalue weighted by Gasteiger charge is 2.20. The van der Waals surface area contributed by atoms with Crippen LogP contribution in [0, 0.1) is 13.8 Å². The third-order valence-electron chi connectivity index (χ3n) is 3.75. The van der Waals surface area contributed by atoms with Gasteiger partial charge < -0.3 is 10.1 Å². The molecule has 1 amide bonds. The number of carbonyl (C=O) groups is 2. The normalized spacial score (nSPS) is 11.8. The predicted molar refractivity (Wildman–Crippen MR) is 98.6 cm³/mol. The first kappa shape index (κ1) is 19.1. The van der Waals surface area contributed by atoms with Crippen molar-refractivity contribution in [1.29, 1.82) is 0 Å². The van der Waals surface area contributed by atoms with Crippen molar-refractivity contribution >= 4 is 29.3 Å². The summed E-state index contributed by atoms with van der Waals surface area (Å²) < 4.78 is 6.91. The van der Waals surface area contributed by atoms with Crippen molar-refractivity contribution in [2.45, 2.75) is 38.2 Å². The summed E-state index contributed by atoms with van der Waals surface area (Å²) in [6.07, 6.45) is -0.601. The highest BCUT2D eigenvalue weighted by atomic mass is 32.2. The van der Waals surface area contributed by atoms with Gasteiger partial charge in [0.05, 0.1) is 23.5 Å². The van der Waals surface area contributed by atoms with Crippen LogP contribution in [-0.2, 0) is 21.4 Å². The molecule has 1 N–H and O–H groups in total. The van der Waals surface area contributed by atoms with E-state index in [1.165, 1.54) is 0 Å². The molecule has 0 spiro atoms. The molecule has 0 aliphatic rings. The van der Waals surface area contributed by atoms with Crippen LogP contribution < -0.4 is 5.32 Å². The lowest BCUT2D eigenvalue weighted by Gasteiger charge is -2.13. The lowest BCUT2D eigenvalue weighted by Crippen LogP contribution is -2.30. The average Bonchev–Trinajstić information content (AvgIpc) is 2.82. The molecule has 0 saturated heterocycles. The highest BCUT2D eigenvalue weighted by Crippen LogP contribution is 2.20. The number of anilines is 1. The van der Waals surface area contributed by atoms with Gasteiger partial charge in [-0.1, -0.05) is 18.2 Å². The van der Waals surface area contributed by atoms with Gasteiger partial charge in [-0.05, 0) is 32.9 Å². The molecule has 2 aromatic rings. The van der Waals surface area contributed by atoms with Gasteiger partial charge in [0.15, 0.2) is 6.10 Å². The molecule has 0 bridgehead atoms. The topological polar surface area (TPSA) is 73.2 Å². The van der Waals surface area contributed by atoms with Crippen LogP contribution in [0.25, 0.3) is 0 Å². The number of rotatable bonds is 7. The molecule has 25 heavy (non-hydrogen) atoms. The Balaban J connectivity index is 1.79. The van der Waals surface area contributed by atoms with Gasteiger partial charge in [0.25, 0.3) is 5.91 Å². The van der Waals surface area contributed by atoms with E-state index in [1.807, 2.05) is 51.2 Å². The second-order valence-electron chi connectivity index (χ2n) is 5.70. The number of aryl methyl sites for hydroxylation is 2. The van der Waals surface area contributed by atoms with Gasteiger partial charge in [-0.15, -0.1) is 11.8 Å². The van der Waals surface area contributed by atoms with Crippen molar-refractivity contribution in [3.05, 3.63) is 41.7 Å². The average molecular weight is 361 g/mol. The predicted octanol–water partition coefficient (Wildman–Crippen LogP) is 3.09. The van der Waals surface area contributed by atoms with E-state index in [9.17, 15) is 9.59 Å². The summed E-state index contributed by atoms with van der Waals surface area (Å²) in [6, 6.07) is 9.84. The summed E-state index contributed by atoms with van der Waals surface area (Å²) in [7, 11) is 1.81. The van der Waals surface area contributed by atoms with Crippen LogP contribution in [0.15, 0.2) is 35.2 Å². The van der Waals surface area contributed by atoms with Gasteiger partial charge in [-0.25, -0.2) is 0 Å². The van der Waals surface area contributed by atoms with Gasteiger partial charge >= 0.3 is 5.97 Å². The lowest BCUT2D eigenvalue weighted by atomic mass is 10.3. The fourth-order valence-electron chi connectivity index (χ4n) is 2.26. The molecule has 0 radical (unpaired) electrons. The van der Waals surface area contributed by atoms with Crippen LogP contribution in [0.3, 0.4) is 0 Å². The van der Waals surface area contributed by atoms with E-state index < -0.39 is 6.10 Å². The molecule has 6 nitrogen and oxygen atoms in total. The van der Waals surface area contributed by atoms with Gasteiger partial charge in [0, 0.05) is 17.7 Å².